The van der Waals surface area contributed by atoms with E-state index in [1.54, 1.807) is 24.5 Å². The minimum Gasteiger partial charge on any atom is -0.474 e. The van der Waals surface area contributed by atoms with Crippen molar-refractivity contribution >= 4 is 5.91 Å². The zero-order chi connectivity index (χ0) is 15.2. The summed E-state index contributed by atoms with van der Waals surface area (Å²) in [4.78, 5) is 20.6. The Morgan fingerprint density at radius 1 is 1.18 bits per heavy atom. The highest BCUT2D eigenvalue weighted by molar-refractivity contribution is 5.94. The third-order valence-electron chi connectivity index (χ3n) is 3.74. The molecular formula is C17H19N3O2. The van der Waals surface area contributed by atoms with Gasteiger partial charge in [-0.1, -0.05) is 6.07 Å². The number of nitrogens with zero attached hydrogens (tertiary/aromatic N) is 2. The van der Waals surface area contributed by atoms with Gasteiger partial charge in [0.2, 0.25) is 5.88 Å². The lowest BCUT2D eigenvalue weighted by atomic mass is 10.2. The van der Waals surface area contributed by atoms with Gasteiger partial charge in [-0.15, -0.1) is 0 Å². The van der Waals surface area contributed by atoms with Crippen molar-refractivity contribution in [1.82, 2.24) is 15.3 Å². The first-order chi connectivity index (χ1) is 10.8. The molecule has 114 valence electrons. The number of rotatable bonds is 5. The molecule has 0 unspecified atom stereocenters. The Balaban J connectivity index is 1.59. The molecule has 0 spiro atoms. The maximum absolute atomic E-state index is 12.2. The predicted octanol–water partition coefficient (Wildman–Crippen LogP) is 2.73. The molecule has 0 bridgehead atoms. The fourth-order valence-electron chi connectivity index (χ4n) is 2.57. The largest absolute Gasteiger partial charge is 0.474 e. The van der Waals surface area contributed by atoms with Gasteiger partial charge in [0.1, 0.15) is 6.10 Å². The summed E-state index contributed by atoms with van der Waals surface area (Å²) < 4.78 is 5.83. The van der Waals surface area contributed by atoms with Crippen LogP contribution < -0.4 is 10.1 Å². The average Bonchev–Trinajstić information content (AvgIpc) is 3.07. The Morgan fingerprint density at radius 2 is 2.05 bits per heavy atom. The number of carbonyl (C=O) groups excluding carboxylic acids is 1. The van der Waals surface area contributed by atoms with E-state index in [4.69, 9.17) is 4.74 Å². The standard InChI is InChI=1S/C17H19N3O2/c21-17(20-12-14-5-3-4-9-18-14)13-8-10-19-16(11-13)22-15-6-1-2-7-15/h3-5,8-11,15H,1-2,6-7,12H2,(H,20,21). The predicted molar refractivity (Wildman–Crippen MR) is 82.5 cm³/mol. The lowest BCUT2D eigenvalue weighted by Crippen LogP contribution is -2.23. The first-order valence-corrected chi connectivity index (χ1v) is 7.62. The van der Waals surface area contributed by atoms with Gasteiger partial charge < -0.3 is 10.1 Å². The number of aromatic nitrogens is 2. The van der Waals surface area contributed by atoms with E-state index in [1.165, 1.54) is 12.8 Å². The Kier molecular flexibility index (Phi) is 4.63. The molecule has 1 amide bonds. The van der Waals surface area contributed by atoms with Gasteiger partial charge in [-0.2, -0.15) is 0 Å². The number of ether oxygens (including phenoxy) is 1. The normalized spacial score (nSPS) is 14.7. The maximum atomic E-state index is 12.2. The summed E-state index contributed by atoms with van der Waals surface area (Å²) in [5.41, 5.74) is 1.38. The monoisotopic (exact) mass is 297 g/mol. The van der Waals surface area contributed by atoms with Crippen molar-refractivity contribution in [3.8, 4) is 5.88 Å². The number of hydrogen-bond acceptors (Lipinski definition) is 4. The highest BCUT2D eigenvalue weighted by atomic mass is 16.5. The van der Waals surface area contributed by atoms with Crippen LogP contribution in [0.15, 0.2) is 42.7 Å². The molecule has 5 nitrogen and oxygen atoms in total. The highest BCUT2D eigenvalue weighted by Gasteiger charge is 2.17. The fourth-order valence-corrected chi connectivity index (χ4v) is 2.57. The smallest absolute Gasteiger partial charge is 0.251 e. The Bertz CT molecular complexity index is 625. The number of amides is 1. The van der Waals surface area contributed by atoms with E-state index in [0.717, 1.165) is 18.5 Å². The van der Waals surface area contributed by atoms with Gasteiger partial charge in [-0.05, 0) is 43.9 Å². The van der Waals surface area contributed by atoms with Gasteiger partial charge in [0.15, 0.2) is 0 Å². The first-order valence-electron chi connectivity index (χ1n) is 7.62. The summed E-state index contributed by atoms with van der Waals surface area (Å²) in [6.07, 6.45) is 8.10. The van der Waals surface area contributed by atoms with Crippen molar-refractivity contribution in [2.45, 2.75) is 38.3 Å². The molecule has 0 aliphatic heterocycles. The third kappa shape index (κ3) is 3.81. The van der Waals surface area contributed by atoms with Crippen LogP contribution >= 0.6 is 0 Å². The van der Waals surface area contributed by atoms with Crippen molar-refractivity contribution in [2.24, 2.45) is 0 Å². The quantitative estimate of drug-likeness (QED) is 0.921. The summed E-state index contributed by atoms with van der Waals surface area (Å²) in [5.74, 6) is 0.377. The molecule has 0 atom stereocenters. The molecule has 1 aliphatic carbocycles. The van der Waals surface area contributed by atoms with E-state index in [9.17, 15) is 4.79 Å². The van der Waals surface area contributed by atoms with Gasteiger partial charge in [-0.3, -0.25) is 9.78 Å². The van der Waals surface area contributed by atoms with Crippen molar-refractivity contribution < 1.29 is 9.53 Å². The number of carbonyl (C=O) groups is 1. The Morgan fingerprint density at radius 3 is 2.82 bits per heavy atom. The maximum Gasteiger partial charge on any atom is 0.251 e. The molecule has 2 heterocycles. The molecule has 3 rings (SSSR count). The van der Waals surface area contributed by atoms with Crippen LogP contribution in [0.3, 0.4) is 0 Å². The number of hydrogen-bond donors (Lipinski definition) is 1. The molecule has 2 aromatic rings. The molecule has 5 heteroatoms. The van der Waals surface area contributed by atoms with Gasteiger partial charge in [-0.25, -0.2) is 4.98 Å². The van der Waals surface area contributed by atoms with Crippen LogP contribution in [-0.4, -0.2) is 22.0 Å². The first kappa shape index (κ1) is 14.5. The Labute approximate surface area is 129 Å². The summed E-state index contributed by atoms with van der Waals surface area (Å²) in [5, 5.41) is 2.85. The highest BCUT2D eigenvalue weighted by Crippen LogP contribution is 2.23. The third-order valence-corrected chi connectivity index (χ3v) is 3.74. The minimum absolute atomic E-state index is 0.149. The Hall–Kier alpha value is -2.43. The van der Waals surface area contributed by atoms with E-state index < -0.39 is 0 Å². The van der Waals surface area contributed by atoms with E-state index in [-0.39, 0.29) is 12.0 Å². The zero-order valence-corrected chi connectivity index (χ0v) is 12.4. The van der Waals surface area contributed by atoms with Crippen LogP contribution in [0.25, 0.3) is 0 Å². The number of pyridine rings is 2. The lowest BCUT2D eigenvalue weighted by molar-refractivity contribution is 0.0949. The average molecular weight is 297 g/mol. The fraction of sp³-hybridized carbons (Fsp3) is 0.353. The van der Waals surface area contributed by atoms with Crippen molar-refractivity contribution in [1.29, 1.82) is 0 Å². The molecule has 1 saturated carbocycles. The van der Waals surface area contributed by atoms with Crippen LogP contribution in [0.2, 0.25) is 0 Å². The second-order valence-electron chi connectivity index (χ2n) is 5.41. The molecule has 2 aromatic heterocycles. The van der Waals surface area contributed by atoms with Crippen molar-refractivity contribution in [3.63, 3.8) is 0 Å². The molecule has 0 aromatic carbocycles. The number of nitrogens with one attached hydrogen (secondary N) is 1. The van der Waals surface area contributed by atoms with E-state index in [1.807, 2.05) is 18.2 Å². The van der Waals surface area contributed by atoms with Crippen LogP contribution in [0.5, 0.6) is 5.88 Å². The van der Waals surface area contributed by atoms with Crippen LogP contribution in [-0.2, 0) is 6.54 Å². The van der Waals surface area contributed by atoms with E-state index in [2.05, 4.69) is 15.3 Å². The van der Waals surface area contributed by atoms with Crippen LogP contribution in [0, 0.1) is 0 Å². The zero-order valence-electron chi connectivity index (χ0n) is 12.4. The summed E-state index contributed by atoms with van der Waals surface area (Å²) in [7, 11) is 0. The van der Waals surface area contributed by atoms with Gasteiger partial charge in [0, 0.05) is 24.0 Å². The molecule has 1 fully saturated rings. The summed E-state index contributed by atoms with van der Waals surface area (Å²) >= 11 is 0. The SMILES string of the molecule is O=C(NCc1ccccn1)c1ccnc(OC2CCCC2)c1. The molecule has 22 heavy (non-hydrogen) atoms. The topological polar surface area (TPSA) is 64.1 Å². The molecule has 0 radical (unpaired) electrons. The molecular weight excluding hydrogens is 278 g/mol. The molecule has 0 saturated heterocycles. The molecule has 1 aliphatic rings. The van der Waals surface area contributed by atoms with Crippen LogP contribution in [0.1, 0.15) is 41.7 Å². The van der Waals surface area contributed by atoms with Crippen molar-refractivity contribution in [3.05, 3.63) is 54.0 Å². The van der Waals surface area contributed by atoms with Gasteiger partial charge in [0.05, 0.1) is 12.2 Å². The van der Waals surface area contributed by atoms with Gasteiger partial charge >= 0.3 is 0 Å². The van der Waals surface area contributed by atoms with E-state index >= 15 is 0 Å². The van der Waals surface area contributed by atoms with Crippen LogP contribution in [0.4, 0.5) is 0 Å². The summed E-state index contributed by atoms with van der Waals surface area (Å²) in [6.45, 7) is 0.404. The van der Waals surface area contributed by atoms with Crippen molar-refractivity contribution in [2.75, 3.05) is 0 Å². The van der Waals surface area contributed by atoms with Gasteiger partial charge in [0.25, 0.3) is 5.91 Å². The minimum atomic E-state index is -0.149. The molecule has 1 N–H and O–H groups in total. The summed E-state index contributed by atoms with van der Waals surface area (Å²) in [6, 6.07) is 9.01. The second kappa shape index (κ2) is 7.02. The van der Waals surface area contributed by atoms with E-state index in [0.29, 0.717) is 18.0 Å². The second-order valence-corrected chi connectivity index (χ2v) is 5.41. The lowest BCUT2D eigenvalue weighted by Gasteiger charge is -2.12.